The molecule has 3 amide bonds. The molecule has 0 saturated carbocycles. The normalized spacial score (nSPS) is 10.2. The summed E-state index contributed by atoms with van der Waals surface area (Å²) in [5.74, 6) is 0.313. The molecule has 0 bridgehead atoms. The number of anilines is 1. The molecule has 0 unspecified atom stereocenters. The Morgan fingerprint density at radius 1 is 1.10 bits per heavy atom. The third-order valence-corrected chi connectivity index (χ3v) is 2.61. The summed E-state index contributed by atoms with van der Waals surface area (Å²) in [5, 5.41) is 8.29. The minimum Gasteiger partial charge on any atom is -0.352 e. The second-order valence-corrected chi connectivity index (χ2v) is 5.06. The Morgan fingerprint density at radius 3 is 2.30 bits per heavy atom. The first-order valence-corrected chi connectivity index (χ1v) is 6.96. The lowest BCUT2D eigenvalue weighted by Crippen LogP contribution is -2.31. The van der Waals surface area contributed by atoms with Gasteiger partial charge in [-0.2, -0.15) is 0 Å². The van der Waals surface area contributed by atoms with Gasteiger partial charge in [0.2, 0.25) is 0 Å². The van der Waals surface area contributed by atoms with Crippen LogP contribution in [0.3, 0.4) is 0 Å². The van der Waals surface area contributed by atoms with Crippen LogP contribution in [0.1, 0.15) is 37.6 Å². The SMILES string of the molecule is CCCNC(=O)c1ccc(NC(=O)NCC(C)C)cc1. The van der Waals surface area contributed by atoms with Crippen molar-refractivity contribution in [1.29, 1.82) is 0 Å². The molecule has 0 radical (unpaired) electrons. The van der Waals surface area contributed by atoms with Gasteiger partial charge in [0.15, 0.2) is 0 Å². The molecule has 0 aliphatic carbocycles. The van der Waals surface area contributed by atoms with Crippen LogP contribution in [0, 0.1) is 5.92 Å². The lowest BCUT2D eigenvalue weighted by molar-refractivity contribution is 0.0953. The first-order valence-electron chi connectivity index (χ1n) is 6.96. The number of rotatable bonds is 6. The summed E-state index contributed by atoms with van der Waals surface area (Å²) in [6, 6.07) is 6.60. The van der Waals surface area contributed by atoms with Gasteiger partial charge in [-0.15, -0.1) is 0 Å². The number of amides is 3. The van der Waals surface area contributed by atoms with E-state index in [0.717, 1.165) is 6.42 Å². The number of urea groups is 1. The Bertz CT molecular complexity index is 441. The van der Waals surface area contributed by atoms with Gasteiger partial charge in [0.25, 0.3) is 5.91 Å². The van der Waals surface area contributed by atoms with E-state index in [1.807, 2.05) is 20.8 Å². The summed E-state index contributed by atoms with van der Waals surface area (Å²) < 4.78 is 0. The highest BCUT2D eigenvalue weighted by Gasteiger charge is 2.06. The fourth-order valence-corrected chi connectivity index (χ4v) is 1.52. The lowest BCUT2D eigenvalue weighted by atomic mass is 10.2. The molecule has 0 aliphatic rings. The van der Waals surface area contributed by atoms with Gasteiger partial charge in [-0.05, 0) is 36.6 Å². The molecule has 1 rings (SSSR count). The number of hydrogen-bond donors (Lipinski definition) is 3. The van der Waals surface area contributed by atoms with Crippen molar-refractivity contribution in [1.82, 2.24) is 10.6 Å². The standard InChI is InChI=1S/C15H23N3O2/c1-4-9-16-14(19)12-5-7-13(8-6-12)18-15(20)17-10-11(2)3/h5-8,11H,4,9-10H2,1-3H3,(H,16,19)(H2,17,18,20). The molecule has 110 valence electrons. The zero-order chi connectivity index (χ0) is 15.0. The smallest absolute Gasteiger partial charge is 0.319 e. The van der Waals surface area contributed by atoms with E-state index in [-0.39, 0.29) is 11.9 Å². The van der Waals surface area contributed by atoms with E-state index in [2.05, 4.69) is 16.0 Å². The summed E-state index contributed by atoms with van der Waals surface area (Å²) in [6.45, 7) is 7.36. The molecule has 0 aromatic heterocycles. The summed E-state index contributed by atoms with van der Waals surface area (Å²) >= 11 is 0. The van der Waals surface area contributed by atoms with Gasteiger partial charge in [-0.3, -0.25) is 4.79 Å². The van der Waals surface area contributed by atoms with Crippen molar-refractivity contribution in [2.45, 2.75) is 27.2 Å². The van der Waals surface area contributed by atoms with E-state index in [1.165, 1.54) is 0 Å². The van der Waals surface area contributed by atoms with Crippen LogP contribution in [0.5, 0.6) is 0 Å². The maximum absolute atomic E-state index is 11.7. The van der Waals surface area contributed by atoms with Gasteiger partial charge in [-0.1, -0.05) is 20.8 Å². The van der Waals surface area contributed by atoms with E-state index in [1.54, 1.807) is 24.3 Å². The van der Waals surface area contributed by atoms with Gasteiger partial charge >= 0.3 is 6.03 Å². The lowest BCUT2D eigenvalue weighted by Gasteiger charge is -2.10. The second kappa shape index (κ2) is 8.19. The average molecular weight is 277 g/mol. The van der Waals surface area contributed by atoms with Crippen LogP contribution in [0.25, 0.3) is 0 Å². The van der Waals surface area contributed by atoms with E-state index in [9.17, 15) is 9.59 Å². The number of benzene rings is 1. The maximum Gasteiger partial charge on any atom is 0.319 e. The molecule has 3 N–H and O–H groups in total. The number of nitrogens with one attached hydrogen (secondary N) is 3. The predicted molar refractivity (Wildman–Crippen MR) is 80.9 cm³/mol. The second-order valence-electron chi connectivity index (χ2n) is 5.06. The van der Waals surface area contributed by atoms with Gasteiger partial charge in [-0.25, -0.2) is 4.79 Å². The molecule has 0 spiro atoms. The van der Waals surface area contributed by atoms with Crippen molar-refractivity contribution < 1.29 is 9.59 Å². The molecule has 1 aromatic rings. The summed E-state index contributed by atoms with van der Waals surface area (Å²) in [7, 11) is 0. The summed E-state index contributed by atoms with van der Waals surface area (Å²) in [4.78, 5) is 23.3. The molecule has 0 fully saturated rings. The number of carbonyl (C=O) groups is 2. The maximum atomic E-state index is 11.7. The molecule has 0 heterocycles. The van der Waals surface area contributed by atoms with Crippen LogP contribution >= 0.6 is 0 Å². The Hall–Kier alpha value is -2.04. The van der Waals surface area contributed by atoms with Gasteiger partial charge in [0, 0.05) is 24.3 Å². The first-order chi connectivity index (χ1) is 9.52. The molecule has 5 nitrogen and oxygen atoms in total. The molecule has 0 saturated heterocycles. The third-order valence-electron chi connectivity index (χ3n) is 2.61. The molecule has 0 atom stereocenters. The Balaban J connectivity index is 2.50. The highest BCUT2D eigenvalue weighted by atomic mass is 16.2. The van der Waals surface area contributed by atoms with Crippen molar-refractivity contribution in [3.63, 3.8) is 0 Å². The van der Waals surface area contributed by atoms with E-state index < -0.39 is 0 Å². The van der Waals surface area contributed by atoms with Crippen molar-refractivity contribution >= 4 is 17.6 Å². The largest absolute Gasteiger partial charge is 0.352 e. The van der Waals surface area contributed by atoms with Crippen molar-refractivity contribution in [3.8, 4) is 0 Å². The van der Waals surface area contributed by atoms with Crippen LogP contribution in [0.15, 0.2) is 24.3 Å². The molecular weight excluding hydrogens is 254 g/mol. The quantitative estimate of drug-likeness (QED) is 0.748. The summed E-state index contributed by atoms with van der Waals surface area (Å²) in [5.41, 5.74) is 1.25. The number of carbonyl (C=O) groups excluding carboxylic acids is 2. The topological polar surface area (TPSA) is 70.2 Å². The third kappa shape index (κ3) is 5.73. The van der Waals surface area contributed by atoms with Crippen LogP contribution in [0.2, 0.25) is 0 Å². The van der Waals surface area contributed by atoms with Crippen LogP contribution in [-0.2, 0) is 0 Å². The highest BCUT2D eigenvalue weighted by Crippen LogP contribution is 2.09. The first kappa shape index (κ1) is 16.0. The number of hydrogen-bond acceptors (Lipinski definition) is 2. The van der Waals surface area contributed by atoms with Gasteiger partial charge < -0.3 is 16.0 Å². The van der Waals surface area contributed by atoms with Gasteiger partial charge in [0.1, 0.15) is 0 Å². The van der Waals surface area contributed by atoms with Gasteiger partial charge in [0.05, 0.1) is 0 Å². The fraction of sp³-hybridized carbons (Fsp3) is 0.467. The van der Waals surface area contributed by atoms with E-state index in [0.29, 0.717) is 30.3 Å². The average Bonchev–Trinajstić information content (AvgIpc) is 2.43. The van der Waals surface area contributed by atoms with E-state index in [4.69, 9.17) is 0 Å². The Morgan fingerprint density at radius 2 is 1.75 bits per heavy atom. The molecule has 5 heteroatoms. The van der Waals surface area contributed by atoms with Crippen LogP contribution < -0.4 is 16.0 Å². The fourth-order valence-electron chi connectivity index (χ4n) is 1.52. The van der Waals surface area contributed by atoms with Crippen molar-refractivity contribution in [2.75, 3.05) is 18.4 Å². The molecule has 20 heavy (non-hydrogen) atoms. The zero-order valence-electron chi connectivity index (χ0n) is 12.3. The summed E-state index contributed by atoms with van der Waals surface area (Å²) in [6.07, 6.45) is 0.904. The molecule has 1 aromatic carbocycles. The molecule has 0 aliphatic heterocycles. The minimum atomic E-state index is -0.234. The Labute approximate surface area is 120 Å². The van der Waals surface area contributed by atoms with Crippen molar-refractivity contribution in [3.05, 3.63) is 29.8 Å². The van der Waals surface area contributed by atoms with Crippen LogP contribution in [-0.4, -0.2) is 25.0 Å². The monoisotopic (exact) mass is 277 g/mol. The predicted octanol–water partition coefficient (Wildman–Crippen LogP) is 2.60. The zero-order valence-corrected chi connectivity index (χ0v) is 12.3. The van der Waals surface area contributed by atoms with E-state index >= 15 is 0 Å². The minimum absolute atomic E-state index is 0.0948. The Kier molecular flexibility index (Phi) is 6.56. The van der Waals surface area contributed by atoms with Crippen LogP contribution in [0.4, 0.5) is 10.5 Å². The molecular formula is C15H23N3O2. The highest BCUT2D eigenvalue weighted by molar-refractivity contribution is 5.95. The van der Waals surface area contributed by atoms with Crippen molar-refractivity contribution in [2.24, 2.45) is 5.92 Å².